The van der Waals surface area contributed by atoms with Gasteiger partial charge in [-0.3, -0.25) is 14.3 Å². The SMILES string of the molecule is Cc1cn(C2O[C@@H](CO)[C@H](O)[C@H]2OF)c(=O)[nH]c1=O. The maximum atomic E-state index is 12.5. The minimum atomic E-state index is -1.47. The minimum absolute atomic E-state index is 0.211. The molecule has 0 aliphatic carbocycles. The second-order valence-electron chi connectivity index (χ2n) is 4.27. The van der Waals surface area contributed by atoms with Crippen LogP contribution in [0.25, 0.3) is 0 Å². The molecule has 1 aliphatic heterocycles. The van der Waals surface area contributed by atoms with Gasteiger partial charge in [-0.05, 0) is 11.4 Å². The number of aromatic amines is 1. The molecule has 1 aromatic heterocycles. The number of halogens is 1. The Hall–Kier alpha value is -1.55. The highest BCUT2D eigenvalue weighted by atomic mass is 19.3. The summed E-state index contributed by atoms with van der Waals surface area (Å²) in [6.45, 7) is 0.892. The molecular weight excluding hydrogens is 263 g/mol. The first-order valence-corrected chi connectivity index (χ1v) is 5.53. The summed E-state index contributed by atoms with van der Waals surface area (Å²) in [5.74, 6) is 0. The van der Waals surface area contributed by atoms with Gasteiger partial charge < -0.3 is 14.9 Å². The minimum Gasteiger partial charge on any atom is -0.394 e. The maximum Gasteiger partial charge on any atom is 0.330 e. The van der Waals surface area contributed by atoms with Crippen LogP contribution in [-0.2, 0) is 9.68 Å². The summed E-state index contributed by atoms with van der Waals surface area (Å²) >= 11 is 0. The van der Waals surface area contributed by atoms with Gasteiger partial charge in [0.2, 0.25) is 0 Å². The molecule has 0 radical (unpaired) electrons. The van der Waals surface area contributed by atoms with E-state index in [2.05, 4.69) is 4.94 Å². The third kappa shape index (κ3) is 2.32. The molecule has 1 aromatic rings. The van der Waals surface area contributed by atoms with Gasteiger partial charge in [0.15, 0.2) is 12.3 Å². The van der Waals surface area contributed by atoms with Crippen molar-refractivity contribution >= 4 is 0 Å². The Morgan fingerprint density at radius 1 is 1.58 bits per heavy atom. The second-order valence-corrected chi connectivity index (χ2v) is 4.27. The predicted molar refractivity (Wildman–Crippen MR) is 59.0 cm³/mol. The van der Waals surface area contributed by atoms with Gasteiger partial charge in [-0.1, -0.05) is 0 Å². The lowest BCUT2D eigenvalue weighted by molar-refractivity contribution is -0.221. The quantitative estimate of drug-likeness (QED) is 0.610. The fraction of sp³-hybridized carbons (Fsp3) is 0.600. The molecule has 2 heterocycles. The summed E-state index contributed by atoms with van der Waals surface area (Å²) in [5, 5.41) is 18.6. The lowest BCUT2D eigenvalue weighted by atomic mass is 10.1. The molecule has 3 N–H and O–H groups in total. The Balaban J connectivity index is 2.44. The molecule has 1 unspecified atom stereocenters. The Morgan fingerprint density at radius 2 is 2.26 bits per heavy atom. The zero-order valence-corrected chi connectivity index (χ0v) is 9.95. The summed E-state index contributed by atoms with van der Waals surface area (Å²) in [6, 6.07) is 0. The number of aliphatic hydroxyl groups is 2. The van der Waals surface area contributed by atoms with Crippen molar-refractivity contribution in [3.8, 4) is 0 Å². The number of aliphatic hydroxyl groups excluding tert-OH is 2. The number of H-pyrrole nitrogens is 1. The van der Waals surface area contributed by atoms with Gasteiger partial charge in [0.1, 0.15) is 12.2 Å². The fourth-order valence-corrected chi connectivity index (χ4v) is 1.96. The first kappa shape index (κ1) is 13.9. The molecule has 19 heavy (non-hydrogen) atoms. The molecule has 9 heteroatoms. The molecule has 1 fully saturated rings. The van der Waals surface area contributed by atoms with Gasteiger partial charge in [-0.25, -0.2) is 4.79 Å². The molecule has 0 amide bonds. The van der Waals surface area contributed by atoms with Crippen LogP contribution in [0, 0.1) is 6.92 Å². The van der Waals surface area contributed by atoms with E-state index < -0.39 is 42.4 Å². The van der Waals surface area contributed by atoms with Crippen molar-refractivity contribution in [2.75, 3.05) is 6.61 Å². The number of aromatic nitrogens is 2. The standard InChI is InChI=1S/C10H13FN2O6/c1-4-2-13(10(17)12-8(4)16)9-7(19-11)6(15)5(3-14)18-9/h2,5-7,9,14-15H,3H2,1H3,(H,12,16,17)/t5-,6-,7+,9?/m0/s1. The van der Waals surface area contributed by atoms with Crippen molar-refractivity contribution in [2.45, 2.75) is 31.5 Å². The van der Waals surface area contributed by atoms with Crippen LogP contribution in [0.5, 0.6) is 0 Å². The number of ether oxygens (including phenoxy) is 1. The summed E-state index contributed by atoms with van der Waals surface area (Å²) in [6.07, 6.45) is -4.09. The number of rotatable bonds is 3. The Morgan fingerprint density at radius 3 is 2.84 bits per heavy atom. The molecule has 2 rings (SSSR count). The molecule has 0 spiro atoms. The second kappa shape index (κ2) is 5.21. The summed E-state index contributed by atoms with van der Waals surface area (Å²) in [5.41, 5.74) is -1.19. The highest BCUT2D eigenvalue weighted by Gasteiger charge is 2.46. The number of nitrogens with zero attached hydrogens (tertiary/aromatic N) is 1. The first-order chi connectivity index (χ1) is 8.99. The van der Waals surface area contributed by atoms with E-state index in [1.165, 1.54) is 13.1 Å². The Bertz CT molecular complexity index is 570. The molecule has 1 aliphatic rings. The van der Waals surface area contributed by atoms with E-state index >= 15 is 0 Å². The normalized spacial score (nSPS) is 30.7. The van der Waals surface area contributed by atoms with Gasteiger partial charge in [0.05, 0.1) is 6.61 Å². The van der Waals surface area contributed by atoms with Crippen LogP contribution in [0.3, 0.4) is 0 Å². The van der Waals surface area contributed by atoms with E-state index in [1.807, 2.05) is 4.98 Å². The van der Waals surface area contributed by atoms with Crippen molar-refractivity contribution in [1.82, 2.24) is 9.55 Å². The topological polar surface area (TPSA) is 114 Å². The zero-order valence-electron chi connectivity index (χ0n) is 9.95. The number of hydrogen-bond donors (Lipinski definition) is 3. The molecule has 8 nitrogen and oxygen atoms in total. The maximum absolute atomic E-state index is 12.5. The van der Waals surface area contributed by atoms with Crippen molar-refractivity contribution < 1.29 is 24.4 Å². The smallest absolute Gasteiger partial charge is 0.330 e. The third-order valence-corrected chi connectivity index (χ3v) is 3.02. The molecule has 4 atom stereocenters. The molecule has 0 bridgehead atoms. The fourth-order valence-electron chi connectivity index (χ4n) is 1.96. The van der Waals surface area contributed by atoms with E-state index in [9.17, 15) is 19.2 Å². The van der Waals surface area contributed by atoms with Crippen molar-refractivity contribution in [3.05, 3.63) is 32.6 Å². The highest BCUT2D eigenvalue weighted by Crippen LogP contribution is 2.30. The average molecular weight is 276 g/mol. The van der Waals surface area contributed by atoms with Crippen molar-refractivity contribution in [3.63, 3.8) is 0 Å². The number of hydrogen-bond acceptors (Lipinski definition) is 6. The van der Waals surface area contributed by atoms with Gasteiger partial charge in [0, 0.05) is 11.8 Å². The van der Waals surface area contributed by atoms with Gasteiger partial charge in [0.25, 0.3) is 5.56 Å². The molecule has 0 aromatic carbocycles. The van der Waals surface area contributed by atoms with Crippen LogP contribution in [0.4, 0.5) is 4.53 Å². The lowest BCUT2D eigenvalue weighted by Crippen LogP contribution is -2.39. The van der Waals surface area contributed by atoms with Crippen molar-refractivity contribution in [2.24, 2.45) is 0 Å². The van der Waals surface area contributed by atoms with E-state index in [1.54, 1.807) is 0 Å². The molecule has 1 saturated heterocycles. The lowest BCUT2D eigenvalue weighted by Gasteiger charge is -2.18. The van der Waals surface area contributed by atoms with Crippen LogP contribution in [-0.4, -0.2) is 44.7 Å². The van der Waals surface area contributed by atoms with Gasteiger partial charge in [-0.2, -0.15) is 4.94 Å². The molecule has 106 valence electrons. The molecule has 0 saturated carbocycles. The van der Waals surface area contributed by atoms with E-state index in [4.69, 9.17) is 9.84 Å². The first-order valence-electron chi connectivity index (χ1n) is 5.53. The van der Waals surface area contributed by atoms with Crippen LogP contribution >= 0.6 is 0 Å². The average Bonchev–Trinajstić information content (AvgIpc) is 2.70. The van der Waals surface area contributed by atoms with Crippen LogP contribution in [0.15, 0.2) is 15.8 Å². The van der Waals surface area contributed by atoms with E-state index in [-0.39, 0.29) is 5.56 Å². The molecular formula is C10H13FN2O6. The predicted octanol–water partition coefficient (Wildman–Crippen LogP) is -1.63. The van der Waals surface area contributed by atoms with E-state index in [0.29, 0.717) is 0 Å². The zero-order chi connectivity index (χ0) is 14.2. The summed E-state index contributed by atoms with van der Waals surface area (Å²) in [4.78, 5) is 28.5. The van der Waals surface area contributed by atoms with Crippen molar-refractivity contribution in [1.29, 1.82) is 0 Å². The monoisotopic (exact) mass is 276 g/mol. The van der Waals surface area contributed by atoms with Crippen LogP contribution in [0.2, 0.25) is 0 Å². The number of aryl methyl sites for hydroxylation is 1. The van der Waals surface area contributed by atoms with E-state index in [0.717, 1.165) is 4.57 Å². The van der Waals surface area contributed by atoms with Crippen LogP contribution < -0.4 is 11.2 Å². The van der Waals surface area contributed by atoms with Gasteiger partial charge >= 0.3 is 5.69 Å². The largest absolute Gasteiger partial charge is 0.394 e. The summed E-state index contributed by atoms with van der Waals surface area (Å²) in [7, 11) is 0. The summed E-state index contributed by atoms with van der Waals surface area (Å²) < 4.78 is 18.6. The third-order valence-electron chi connectivity index (χ3n) is 3.02. The number of nitrogens with one attached hydrogen (secondary N) is 1. The highest BCUT2D eigenvalue weighted by molar-refractivity contribution is 5.03. The van der Waals surface area contributed by atoms with Crippen LogP contribution in [0.1, 0.15) is 11.8 Å². The van der Waals surface area contributed by atoms with Gasteiger partial charge in [-0.15, -0.1) is 0 Å². The Kier molecular flexibility index (Phi) is 3.80. The Labute approximate surface area is 105 Å².